The Morgan fingerprint density at radius 1 is 1.07 bits per heavy atom. The van der Waals surface area contributed by atoms with Crippen LogP contribution in [0.1, 0.15) is 33.5 Å². The average molecular weight is 405 g/mol. The van der Waals surface area contributed by atoms with E-state index in [1.54, 1.807) is 6.07 Å². The van der Waals surface area contributed by atoms with E-state index in [-0.39, 0.29) is 18.0 Å². The van der Waals surface area contributed by atoms with Crippen molar-refractivity contribution in [2.75, 3.05) is 13.7 Å². The summed E-state index contributed by atoms with van der Waals surface area (Å²) in [7, 11) is 1.33. The number of carbonyl (C=O) groups excluding carboxylic acids is 2. The van der Waals surface area contributed by atoms with Gasteiger partial charge in [0.15, 0.2) is 18.1 Å². The number of amides is 1. The molecule has 0 aliphatic heterocycles. The summed E-state index contributed by atoms with van der Waals surface area (Å²) in [5.41, 5.74) is 3.44. The van der Waals surface area contributed by atoms with Crippen molar-refractivity contribution in [3.05, 3.63) is 58.7 Å². The zero-order valence-electron chi connectivity index (χ0n) is 15.9. The zero-order chi connectivity index (χ0) is 20.8. The first-order valence-corrected chi connectivity index (χ1v) is 9.13. The van der Waals surface area contributed by atoms with Gasteiger partial charge in [-0.2, -0.15) is 8.78 Å². The number of carbonyl (C=O) groups is 2. The maximum atomic E-state index is 12.4. The fraction of sp³-hybridized carbons (Fsp3) is 0.333. The Morgan fingerprint density at radius 3 is 2.62 bits per heavy atom. The van der Waals surface area contributed by atoms with Crippen molar-refractivity contribution in [3.8, 4) is 11.5 Å². The quantitative estimate of drug-likeness (QED) is 0.683. The number of alkyl halides is 2. The average Bonchev–Trinajstić information content (AvgIpc) is 3.18. The summed E-state index contributed by atoms with van der Waals surface area (Å²) in [6, 6.07) is 9.79. The number of hydrogen-bond acceptors (Lipinski definition) is 5. The highest BCUT2D eigenvalue weighted by Crippen LogP contribution is 2.29. The second-order valence-electron chi connectivity index (χ2n) is 6.55. The molecule has 0 fully saturated rings. The molecule has 0 saturated carbocycles. The minimum Gasteiger partial charge on any atom is -0.493 e. The van der Waals surface area contributed by atoms with Crippen LogP contribution in [0.4, 0.5) is 8.78 Å². The van der Waals surface area contributed by atoms with Crippen molar-refractivity contribution in [2.45, 2.75) is 32.4 Å². The first kappa shape index (κ1) is 20.6. The van der Waals surface area contributed by atoms with Crippen molar-refractivity contribution in [2.24, 2.45) is 0 Å². The smallest absolute Gasteiger partial charge is 0.387 e. The highest BCUT2D eigenvalue weighted by Gasteiger charge is 2.16. The molecule has 2 aromatic rings. The van der Waals surface area contributed by atoms with Crippen LogP contribution in [-0.4, -0.2) is 32.2 Å². The number of esters is 1. The lowest BCUT2D eigenvalue weighted by molar-refractivity contribution is -0.124. The second-order valence-corrected chi connectivity index (χ2v) is 6.55. The summed E-state index contributed by atoms with van der Waals surface area (Å²) < 4.78 is 39.1. The van der Waals surface area contributed by atoms with E-state index >= 15 is 0 Å². The number of benzene rings is 2. The molecule has 0 radical (unpaired) electrons. The fourth-order valence-corrected chi connectivity index (χ4v) is 3.18. The van der Waals surface area contributed by atoms with E-state index in [0.29, 0.717) is 11.1 Å². The van der Waals surface area contributed by atoms with Gasteiger partial charge in [0.25, 0.3) is 5.91 Å². The molecule has 1 aliphatic carbocycles. The van der Waals surface area contributed by atoms with E-state index < -0.39 is 25.1 Å². The van der Waals surface area contributed by atoms with Crippen molar-refractivity contribution in [3.63, 3.8) is 0 Å². The Labute approximate surface area is 166 Å². The molecular weight excluding hydrogens is 384 g/mol. The van der Waals surface area contributed by atoms with E-state index in [2.05, 4.69) is 10.1 Å². The molecule has 1 N–H and O–H groups in total. The van der Waals surface area contributed by atoms with Gasteiger partial charge in [-0.25, -0.2) is 4.79 Å². The van der Waals surface area contributed by atoms with Crippen LogP contribution in [0, 0.1) is 0 Å². The third-order valence-electron chi connectivity index (χ3n) is 4.60. The summed E-state index contributed by atoms with van der Waals surface area (Å²) in [4.78, 5) is 24.1. The van der Waals surface area contributed by atoms with Crippen LogP contribution in [0.15, 0.2) is 36.4 Å². The van der Waals surface area contributed by atoms with Gasteiger partial charge in [0.05, 0.1) is 12.7 Å². The number of hydrogen-bond donors (Lipinski definition) is 1. The van der Waals surface area contributed by atoms with Gasteiger partial charge in [0.2, 0.25) is 0 Å². The molecule has 1 aliphatic rings. The summed E-state index contributed by atoms with van der Waals surface area (Å²) in [5, 5.41) is 2.60. The van der Waals surface area contributed by atoms with Gasteiger partial charge in [-0.3, -0.25) is 4.79 Å². The molecule has 0 atom stereocenters. The SMILES string of the molecule is COc1cc(CNC(=O)COC(=O)c2ccc3c(c2)CCC3)ccc1OC(F)F. The van der Waals surface area contributed by atoms with Crippen LogP contribution >= 0.6 is 0 Å². The first-order valence-electron chi connectivity index (χ1n) is 9.13. The van der Waals surface area contributed by atoms with Crippen LogP contribution in [0.3, 0.4) is 0 Å². The number of halogens is 2. The normalized spacial score (nSPS) is 12.4. The Hall–Kier alpha value is -3.16. The lowest BCUT2D eigenvalue weighted by Gasteiger charge is -2.12. The predicted octanol–water partition coefficient (Wildman–Crippen LogP) is 3.26. The van der Waals surface area contributed by atoms with Crippen LogP contribution in [0.5, 0.6) is 11.5 Å². The molecule has 0 saturated heterocycles. The highest BCUT2D eigenvalue weighted by molar-refractivity contribution is 5.91. The maximum Gasteiger partial charge on any atom is 0.387 e. The van der Waals surface area contributed by atoms with Gasteiger partial charge in [0.1, 0.15) is 0 Å². The fourth-order valence-electron chi connectivity index (χ4n) is 3.18. The number of methoxy groups -OCH3 is 1. The van der Waals surface area contributed by atoms with Gasteiger partial charge in [-0.1, -0.05) is 12.1 Å². The summed E-state index contributed by atoms with van der Waals surface area (Å²) in [6.07, 6.45) is 3.05. The molecule has 0 aromatic heterocycles. The molecule has 29 heavy (non-hydrogen) atoms. The number of rotatable bonds is 8. The number of fused-ring (bicyclic) bond motifs is 1. The van der Waals surface area contributed by atoms with Crippen LogP contribution in [0.25, 0.3) is 0 Å². The second kappa shape index (κ2) is 9.36. The van der Waals surface area contributed by atoms with E-state index in [9.17, 15) is 18.4 Å². The highest BCUT2D eigenvalue weighted by atomic mass is 19.3. The minimum absolute atomic E-state index is 0.0964. The summed E-state index contributed by atoms with van der Waals surface area (Å²) in [6.45, 7) is -3.27. The Balaban J connectivity index is 1.49. The third-order valence-corrected chi connectivity index (χ3v) is 4.60. The molecule has 0 heterocycles. The monoisotopic (exact) mass is 405 g/mol. The zero-order valence-corrected chi connectivity index (χ0v) is 15.9. The minimum atomic E-state index is -2.96. The Bertz CT molecular complexity index is 901. The number of aryl methyl sites for hydroxylation is 2. The molecule has 1 amide bonds. The van der Waals surface area contributed by atoms with Crippen molar-refractivity contribution >= 4 is 11.9 Å². The van der Waals surface area contributed by atoms with Crippen molar-refractivity contribution in [1.29, 1.82) is 0 Å². The molecule has 2 aromatic carbocycles. The number of nitrogens with one attached hydrogen (secondary N) is 1. The molecule has 154 valence electrons. The van der Waals surface area contributed by atoms with Gasteiger partial charge in [0, 0.05) is 6.54 Å². The third kappa shape index (κ3) is 5.43. The van der Waals surface area contributed by atoms with Gasteiger partial charge >= 0.3 is 12.6 Å². The Morgan fingerprint density at radius 2 is 1.86 bits per heavy atom. The molecule has 0 bridgehead atoms. The van der Waals surface area contributed by atoms with Crippen LogP contribution < -0.4 is 14.8 Å². The van der Waals surface area contributed by atoms with Gasteiger partial charge in [-0.15, -0.1) is 0 Å². The topological polar surface area (TPSA) is 73.9 Å². The van der Waals surface area contributed by atoms with E-state index in [1.807, 2.05) is 12.1 Å². The van der Waals surface area contributed by atoms with Gasteiger partial charge in [-0.05, 0) is 60.2 Å². The summed E-state index contributed by atoms with van der Waals surface area (Å²) >= 11 is 0. The predicted molar refractivity (Wildman–Crippen MR) is 100 cm³/mol. The molecule has 0 spiro atoms. The van der Waals surface area contributed by atoms with Crippen molar-refractivity contribution < 1.29 is 32.6 Å². The van der Waals surface area contributed by atoms with E-state index in [4.69, 9.17) is 9.47 Å². The molecular formula is C21H21F2NO5. The molecule has 3 rings (SSSR count). The number of ether oxygens (including phenoxy) is 3. The lowest BCUT2D eigenvalue weighted by Crippen LogP contribution is -2.28. The molecule has 0 unspecified atom stereocenters. The van der Waals surface area contributed by atoms with Crippen molar-refractivity contribution in [1.82, 2.24) is 5.32 Å². The van der Waals surface area contributed by atoms with Gasteiger partial charge < -0.3 is 19.5 Å². The molecule has 6 nitrogen and oxygen atoms in total. The standard InChI is InChI=1S/C21H21F2NO5/c1-27-18-9-13(5-8-17(18)29-21(22)23)11-24-19(25)12-28-20(26)16-7-6-14-3-2-4-15(14)10-16/h5-10,21H,2-4,11-12H2,1H3,(H,24,25). The molecule has 8 heteroatoms. The maximum absolute atomic E-state index is 12.4. The lowest BCUT2D eigenvalue weighted by atomic mass is 10.1. The first-order chi connectivity index (χ1) is 14.0. The van der Waals surface area contributed by atoms with Crippen LogP contribution in [0.2, 0.25) is 0 Å². The van der Waals surface area contributed by atoms with E-state index in [0.717, 1.165) is 24.8 Å². The van der Waals surface area contributed by atoms with E-state index in [1.165, 1.54) is 30.9 Å². The largest absolute Gasteiger partial charge is 0.493 e. The van der Waals surface area contributed by atoms with Crippen LogP contribution in [-0.2, 0) is 28.9 Å². The summed E-state index contributed by atoms with van der Waals surface area (Å²) in [5.74, 6) is -1.00. The Kier molecular flexibility index (Phi) is 6.64.